The monoisotopic (exact) mass is 463 g/mol. The number of carbonyl (C=O) groups excluding carboxylic acids is 2. The van der Waals surface area contributed by atoms with Crippen molar-refractivity contribution in [2.45, 2.75) is 11.7 Å². The second-order valence-electron chi connectivity index (χ2n) is 6.29. The summed E-state index contributed by atoms with van der Waals surface area (Å²) in [7, 11) is 1.53. The van der Waals surface area contributed by atoms with Crippen molar-refractivity contribution in [1.29, 1.82) is 0 Å². The van der Waals surface area contributed by atoms with Crippen molar-refractivity contribution in [2.75, 3.05) is 19.0 Å². The van der Waals surface area contributed by atoms with Crippen LogP contribution in [0, 0.1) is 0 Å². The number of nitrogens with zero attached hydrogens (tertiary/aromatic N) is 2. The van der Waals surface area contributed by atoms with Crippen molar-refractivity contribution in [3.63, 3.8) is 0 Å². The van der Waals surface area contributed by atoms with Crippen LogP contribution in [0.2, 0.25) is 10.0 Å². The number of carbonyl (C=O) groups is 2. The second kappa shape index (κ2) is 10.0. The fraction of sp³-hybridized carbons (Fsp3) is 0.190. The first-order valence-corrected chi connectivity index (χ1v) is 10.6. The van der Waals surface area contributed by atoms with Gasteiger partial charge in [-0.3, -0.25) is 14.5 Å². The van der Waals surface area contributed by atoms with Gasteiger partial charge in [-0.05, 0) is 30.3 Å². The Kier molecular flexibility index (Phi) is 7.42. The molecule has 156 valence electrons. The molecule has 2 amide bonds. The molecule has 9 heteroatoms. The first-order valence-electron chi connectivity index (χ1n) is 8.98. The van der Waals surface area contributed by atoms with Gasteiger partial charge in [-0.15, -0.1) is 6.58 Å². The Bertz CT molecular complexity index is 1010. The van der Waals surface area contributed by atoms with Crippen LogP contribution in [0.4, 0.5) is 11.4 Å². The van der Waals surface area contributed by atoms with Crippen molar-refractivity contribution >= 4 is 63.3 Å². The molecule has 0 radical (unpaired) electrons. The number of thioether (sulfide) groups is 1. The molecular formula is C21H19Cl2N3O3S. The van der Waals surface area contributed by atoms with Crippen molar-refractivity contribution in [3.8, 4) is 5.75 Å². The molecule has 0 spiro atoms. The Hall–Kier alpha value is -2.48. The van der Waals surface area contributed by atoms with Crippen molar-refractivity contribution in [3.05, 3.63) is 65.2 Å². The van der Waals surface area contributed by atoms with Gasteiger partial charge in [0.05, 0.1) is 28.5 Å². The molecule has 0 aliphatic carbocycles. The minimum atomic E-state index is -0.596. The van der Waals surface area contributed by atoms with E-state index < -0.39 is 5.25 Å². The third-order valence-electron chi connectivity index (χ3n) is 4.21. The molecule has 1 heterocycles. The van der Waals surface area contributed by atoms with Crippen molar-refractivity contribution in [1.82, 2.24) is 4.90 Å². The Morgan fingerprint density at radius 2 is 2.07 bits per heavy atom. The molecular weight excluding hydrogens is 445 g/mol. The van der Waals surface area contributed by atoms with Gasteiger partial charge >= 0.3 is 0 Å². The van der Waals surface area contributed by atoms with E-state index in [0.29, 0.717) is 32.3 Å². The highest BCUT2D eigenvalue weighted by atomic mass is 35.5. The number of hydrogen-bond acceptors (Lipinski definition) is 5. The smallest absolute Gasteiger partial charge is 0.242 e. The molecule has 1 saturated heterocycles. The SMILES string of the molecule is C=CCN1C(=O)C(CC(=O)Nc2ccccc2OC)SC1=Nc1ccc(Cl)c(Cl)c1. The van der Waals surface area contributed by atoms with Crippen LogP contribution in [-0.4, -0.2) is 40.8 Å². The van der Waals surface area contributed by atoms with E-state index in [4.69, 9.17) is 27.9 Å². The van der Waals surface area contributed by atoms with E-state index in [-0.39, 0.29) is 24.8 Å². The van der Waals surface area contributed by atoms with Gasteiger partial charge in [-0.25, -0.2) is 4.99 Å². The zero-order valence-electron chi connectivity index (χ0n) is 16.1. The second-order valence-corrected chi connectivity index (χ2v) is 8.27. The highest BCUT2D eigenvalue weighted by Gasteiger charge is 2.38. The zero-order chi connectivity index (χ0) is 21.7. The summed E-state index contributed by atoms with van der Waals surface area (Å²) >= 11 is 13.2. The van der Waals surface area contributed by atoms with Crippen LogP contribution in [0.25, 0.3) is 0 Å². The minimum absolute atomic E-state index is 0.00438. The first-order chi connectivity index (χ1) is 14.4. The number of methoxy groups -OCH3 is 1. The molecule has 1 unspecified atom stereocenters. The summed E-state index contributed by atoms with van der Waals surface area (Å²) in [5.74, 6) is 0.0555. The van der Waals surface area contributed by atoms with E-state index in [0.717, 1.165) is 0 Å². The maximum absolute atomic E-state index is 12.9. The molecule has 30 heavy (non-hydrogen) atoms. The fourth-order valence-corrected chi connectivity index (χ4v) is 4.26. The predicted molar refractivity (Wildman–Crippen MR) is 123 cm³/mol. The summed E-state index contributed by atoms with van der Waals surface area (Å²) in [5, 5.41) is 3.47. The first kappa shape index (κ1) is 22.2. The normalized spacial score (nSPS) is 17.3. The third kappa shape index (κ3) is 5.16. The van der Waals surface area contributed by atoms with Gasteiger partial charge < -0.3 is 10.1 Å². The topological polar surface area (TPSA) is 71.0 Å². The van der Waals surface area contributed by atoms with Gasteiger partial charge in [0.2, 0.25) is 11.8 Å². The molecule has 6 nitrogen and oxygen atoms in total. The van der Waals surface area contributed by atoms with E-state index in [2.05, 4.69) is 16.9 Å². The largest absolute Gasteiger partial charge is 0.495 e. The van der Waals surface area contributed by atoms with Gasteiger partial charge in [0.15, 0.2) is 5.17 Å². The number of halogens is 2. The number of ether oxygens (including phenoxy) is 1. The van der Waals surface area contributed by atoms with E-state index in [1.165, 1.54) is 23.8 Å². The number of amidine groups is 1. The van der Waals surface area contributed by atoms with Crippen LogP contribution in [0.3, 0.4) is 0 Å². The van der Waals surface area contributed by atoms with E-state index in [1.807, 2.05) is 6.07 Å². The summed E-state index contributed by atoms with van der Waals surface area (Å²) in [6.45, 7) is 3.99. The number of aliphatic imine (C=N–C) groups is 1. The van der Waals surface area contributed by atoms with Gasteiger partial charge in [-0.2, -0.15) is 0 Å². The Labute approximate surface area is 188 Å². The minimum Gasteiger partial charge on any atom is -0.495 e. The number of para-hydroxylation sites is 2. The average molecular weight is 464 g/mol. The van der Waals surface area contributed by atoms with Crippen LogP contribution in [0.1, 0.15) is 6.42 Å². The molecule has 0 saturated carbocycles. The molecule has 0 aromatic heterocycles. The van der Waals surface area contributed by atoms with Crippen LogP contribution in [-0.2, 0) is 9.59 Å². The Balaban J connectivity index is 1.76. The lowest BCUT2D eigenvalue weighted by atomic mass is 10.2. The number of nitrogens with one attached hydrogen (secondary N) is 1. The number of anilines is 1. The molecule has 1 atom stereocenters. The van der Waals surface area contributed by atoms with Crippen LogP contribution >= 0.6 is 35.0 Å². The third-order valence-corrected chi connectivity index (χ3v) is 6.13. The maximum atomic E-state index is 12.9. The summed E-state index contributed by atoms with van der Waals surface area (Å²) < 4.78 is 5.24. The van der Waals surface area contributed by atoms with E-state index in [9.17, 15) is 9.59 Å². The number of rotatable bonds is 7. The summed E-state index contributed by atoms with van der Waals surface area (Å²) in [6.07, 6.45) is 1.61. The highest BCUT2D eigenvalue weighted by molar-refractivity contribution is 8.15. The number of amides is 2. The predicted octanol–water partition coefficient (Wildman–Crippen LogP) is 5.15. The van der Waals surface area contributed by atoms with E-state index in [1.54, 1.807) is 42.5 Å². The molecule has 1 N–H and O–H groups in total. The zero-order valence-corrected chi connectivity index (χ0v) is 18.4. The van der Waals surface area contributed by atoms with E-state index >= 15 is 0 Å². The maximum Gasteiger partial charge on any atom is 0.242 e. The standard InChI is InChI=1S/C21H19Cl2N3O3S/c1-3-10-26-20(28)18(12-19(27)25-16-6-4-5-7-17(16)29-2)30-21(26)24-13-8-9-14(22)15(23)11-13/h3-9,11,18H,1,10,12H2,2H3,(H,25,27). The van der Waals surface area contributed by atoms with Crippen LogP contribution < -0.4 is 10.1 Å². The van der Waals surface area contributed by atoms with Crippen molar-refractivity contribution in [2.24, 2.45) is 4.99 Å². The quantitative estimate of drug-likeness (QED) is 0.576. The number of hydrogen-bond donors (Lipinski definition) is 1. The van der Waals surface area contributed by atoms with Crippen LogP contribution in [0.5, 0.6) is 5.75 Å². The summed E-state index contributed by atoms with van der Waals surface area (Å²) in [5.41, 5.74) is 1.11. The molecule has 2 aromatic rings. The molecule has 3 rings (SSSR count). The molecule has 2 aromatic carbocycles. The Morgan fingerprint density at radius 1 is 1.30 bits per heavy atom. The number of benzene rings is 2. The van der Waals surface area contributed by atoms with Gasteiger partial charge in [0.25, 0.3) is 0 Å². The highest BCUT2D eigenvalue weighted by Crippen LogP contribution is 2.34. The molecule has 1 aliphatic heterocycles. The molecule has 0 bridgehead atoms. The molecule has 1 fully saturated rings. The lowest BCUT2D eigenvalue weighted by Gasteiger charge is -2.14. The van der Waals surface area contributed by atoms with Gasteiger partial charge in [0.1, 0.15) is 11.0 Å². The van der Waals surface area contributed by atoms with Crippen molar-refractivity contribution < 1.29 is 14.3 Å². The fourth-order valence-electron chi connectivity index (χ4n) is 2.80. The van der Waals surface area contributed by atoms with Crippen LogP contribution in [0.15, 0.2) is 60.1 Å². The molecule has 1 aliphatic rings. The summed E-state index contributed by atoms with van der Waals surface area (Å²) in [6, 6.07) is 12.1. The Morgan fingerprint density at radius 3 is 2.77 bits per heavy atom. The lowest BCUT2D eigenvalue weighted by molar-refractivity contribution is -0.127. The van der Waals surface area contributed by atoms with Gasteiger partial charge in [-0.1, -0.05) is 53.2 Å². The van der Waals surface area contributed by atoms with Gasteiger partial charge in [0, 0.05) is 13.0 Å². The summed E-state index contributed by atoms with van der Waals surface area (Å²) in [4.78, 5) is 31.4. The average Bonchev–Trinajstić information content (AvgIpc) is 3.00. The lowest BCUT2D eigenvalue weighted by Crippen LogP contribution is -2.33.